The van der Waals surface area contributed by atoms with Gasteiger partial charge in [0.15, 0.2) is 18.0 Å². The smallest absolute Gasteiger partial charge is 0.339 e. The van der Waals surface area contributed by atoms with E-state index in [1.807, 2.05) is 58.0 Å². The molecule has 5 rings (SSSR count). The van der Waals surface area contributed by atoms with Crippen LogP contribution in [-0.2, 0) is 9.53 Å². The van der Waals surface area contributed by atoms with E-state index in [-0.39, 0.29) is 11.6 Å². The molecule has 5 aromatic rings. The molecule has 37 heavy (non-hydrogen) atoms. The third-order valence-corrected chi connectivity index (χ3v) is 5.94. The molecule has 4 heterocycles. The van der Waals surface area contributed by atoms with Crippen LogP contribution in [0.3, 0.4) is 0 Å². The van der Waals surface area contributed by atoms with Gasteiger partial charge in [0.05, 0.1) is 46.2 Å². The van der Waals surface area contributed by atoms with E-state index >= 15 is 0 Å². The monoisotopic (exact) mass is 498 g/mol. The van der Waals surface area contributed by atoms with Crippen LogP contribution in [0.4, 0.5) is 5.69 Å². The second kappa shape index (κ2) is 9.73. The quantitative estimate of drug-likeness (QED) is 0.318. The molecule has 0 aliphatic heterocycles. The molecule has 0 fully saturated rings. The molecule has 1 aromatic carbocycles. The first-order valence-corrected chi connectivity index (χ1v) is 11.8. The van der Waals surface area contributed by atoms with E-state index in [0.717, 1.165) is 11.4 Å². The molecule has 0 spiro atoms. The fraction of sp³-hybridized carbons (Fsp3) is 0.222. The number of carbonyl (C=O) groups excluding carboxylic acids is 2. The number of esters is 1. The normalized spacial score (nSPS) is 11.3. The van der Waals surface area contributed by atoms with Crippen LogP contribution in [0.15, 0.2) is 65.4 Å². The summed E-state index contributed by atoms with van der Waals surface area (Å²) < 4.78 is 14.4. The fourth-order valence-corrected chi connectivity index (χ4v) is 4.14. The molecule has 0 atom stereocenters. The number of hydrogen-bond acceptors (Lipinski definition) is 7. The number of ether oxygens (including phenoxy) is 1. The summed E-state index contributed by atoms with van der Waals surface area (Å²) in [5.74, 6) is -0.625. The minimum atomic E-state index is -0.660. The highest BCUT2D eigenvalue weighted by molar-refractivity contribution is 6.04. The number of furan rings is 1. The topological polar surface area (TPSA) is 117 Å². The highest BCUT2D eigenvalue weighted by Crippen LogP contribution is 2.27. The summed E-state index contributed by atoms with van der Waals surface area (Å²) in [5, 5.41) is 12.3. The number of fused-ring (bicyclic) bond motifs is 1. The van der Waals surface area contributed by atoms with E-state index in [1.54, 1.807) is 33.8 Å². The van der Waals surface area contributed by atoms with E-state index in [4.69, 9.17) is 9.15 Å². The second-order valence-electron chi connectivity index (χ2n) is 8.87. The van der Waals surface area contributed by atoms with Crippen LogP contribution in [0.2, 0.25) is 0 Å². The number of amides is 1. The third-order valence-electron chi connectivity index (χ3n) is 5.94. The van der Waals surface area contributed by atoms with Crippen LogP contribution in [0.5, 0.6) is 0 Å². The number of carbonyl (C=O) groups is 2. The Morgan fingerprint density at radius 1 is 1.11 bits per heavy atom. The van der Waals surface area contributed by atoms with Crippen LogP contribution in [0.1, 0.15) is 41.6 Å². The van der Waals surface area contributed by atoms with Gasteiger partial charge in [-0.05, 0) is 58.0 Å². The number of aromatic nitrogens is 5. The average molecular weight is 499 g/mol. The highest BCUT2D eigenvalue weighted by Gasteiger charge is 2.22. The Morgan fingerprint density at radius 2 is 1.89 bits per heavy atom. The first kappa shape index (κ1) is 24.0. The standard InChI is InChI=1S/C27H26N6O4/c1-16(2)32-26-21(14-28-32)20(13-22(29-26)23-11-8-12-36-23)27(35)37-15-24(34)30-25-17(3)31-33(18(25)4)19-9-6-5-7-10-19/h5-14,16H,15H2,1-4H3,(H,30,34). The molecule has 0 unspecified atom stereocenters. The van der Waals surface area contributed by atoms with Gasteiger partial charge in [0, 0.05) is 6.04 Å². The number of pyridine rings is 1. The molecule has 0 aliphatic carbocycles. The van der Waals surface area contributed by atoms with Crippen molar-refractivity contribution >= 4 is 28.6 Å². The van der Waals surface area contributed by atoms with Gasteiger partial charge < -0.3 is 14.5 Å². The van der Waals surface area contributed by atoms with Crippen LogP contribution < -0.4 is 5.32 Å². The maximum Gasteiger partial charge on any atom is 0.339 e. The lowest BCUT2D eigenvalue weighted by atomic mass is 10.1. The predicted octanol–water partition coefficient (Wildman–Crippen LogP) is 4.87. The summed E-state index contributed by atoms with van der Waals surface area (Å²) in [6, 6.07) is 14.7. The van der Waals surface area contributed by atoms with Crippen molar-refractivity contribution in [2.24, 2.45) is 0 Å². The first-order valence-electron chi connectivity index (χ1n) is 11.8. The number of nitrogens with one attached hydrogen (secondary N) is 1. The van der Waals surface area contributed by atoms with Crippen molar-refractivity contribution in [2.45, 2.75) is 33.7 Å². The summed E-state index contributed by atoms with van der Waals surface area (Å²) in [6.07, 6.45) is 3.11. The summed E-state index contributed by atoms with van der Waals surface area (Å²) >= 11 is 0. The Kier molecular flexibility index (Phi) is 6.31. The molecule has 0 bridgehead atoms. The Labute approximate surface area is 212 Å². The molecular formula is C27H26N6O4. The van der Waals surface area contributed by atoms with Gasteiger partial charge in [-0.25, -0.2) is 19.1 Å². The Balaban J connectivity index is 1.36. The second-order valence-corrected chi connectivity index (χ2v) is 8.87. The van der Waals surface area contributed by atoms with Gasteiger partial charge in [-0.15, -0.1) is 0 Å². The van der Waals surface area contributed by atoms with Crippen LogP contribution >= 0.6 is 0 Å². The van der Waals surface area contributed by atoms with Gasteiger partial charge in [-0.2, -0.15) is 10.2 Å². The minimum Gasteiger partial charge on any atom is -0.463 e. The molecule has 1 amide bonds. The maximum absolute atomic E-state index is 13.1. The number of nitrogens with zero attached hydrogens (tertiary/aromatic N) is 5. The number of benzene rings is 1. The molecule has 10 nitrogen and oxygen atoms in total. The van der Waals surface area contributed by atoms with E-state index in [9.17, 15) is 9.59 Å². The van der Waals surface area contributed by atoms with E-state index < -0.39 is 18.5 Å². The summed E-state index contributed by atoms with van der Waals surface area (Å²) in [6.45, 7) is 7.15. The van der Waals surface area contributed by atoms with Crippen molar-refractivity contribution < 1.29 is 18.7 Å². The zero-order chi connectivity index (χ0) is 26.1. The minimum absolute atomic E-state index is 0.0229. The zero-order valence-corrected chi connectivity index (χ0v) is 20.9. The van der Waals surface area contributed by atoms with Crippen molar-refractivity contribution in [2.75, 3.05) is 11.9 Å². The Morgan fingerprint density at radius 3 is 2.59 bits per heavy atom. The lowest BCUT2D eigenvalue weighted by molar-refractivity contribution is -0.119. The van der Waals surface area contributed by atoms with Crippen LogP contribution in [0, 0.1) is 13.8 Å². The molecule has 1 N–H and O–H groups in total. The number of anilines is 1. The molecule has 0 saturated carbocycles. The summed E-state index contributed by atoms with van der Waals surface area (Å²) in [7, 11) is 0. The zero-order valence-electron chi connectivity index (χ0n) is 20.9. The third kappa shape index (κ3) is 4.61. The number of aryl methyl sites for hydroxylation is 1. The van der Waals surface area contributed by atoms with E-state index in [2.05, 4.69) is 20.5 Å². The molecule has 10 heteroatoms. The van der Waals surface area contributed by atoms with Gasteiger partial charge in [0.25, 0.3) is 5.91 Å². The van der Waals surface area contributed by atoms with Gasteiger partial charge >= 0.3 is 5.97 Å². The summed E-state index contributed by atoms with van der Waals surface area (Å²) in [5.41, 5.74) is 4.13. The molecule has 0 saturated heterocycles. The molecular weight excluding hydrogens is 472 g/mol. The number of rotatable bonds is 7. The SMILES string of the molecule is Cc1nn(-c2ccccc2)c(C)c1NC(=O)COC(=O)c1cc(-c2ccco2)nc2c1cnn2C(C)C. The number of para-hydroxylation sites is 1. The van der Waals surface area contributed by atoms with Gasteiger partial charge in [-0.1, -0.05) is 18.2 Å². The lowest BCUT2D eigenvalue weighted by Gasteiger charge is -2.10. The fourth-order valence-electron chi connectivity index (χ4n) is 4.14. The largest absolute Gasteiger partial charge is 0.463 e. The van der Waals surface area contributed by atoms with Crippen molar-refractivity contribution in [3.63, 3.8) is 0 Å². The van der Waals surface area contributed by atoms with E-state index in [0.29, 0.717) is 33.9 Å². The first-order chi connectivity index (χ1) is 17.8. The Bertz CT molecular complexity index is 1580. The molecule has 4 aromatic heterocycles. The van der Waals surface area contributed by atoms with Gasteiger partial charge in [0.1, 0.15) is 5.69 Å². The van der Waals surface area contributed by atoms with E-state index in [1.165, 1.54) is 6.26 Å². The summed E-state index contributed by atoms with van der Waals surface area (Å²) in [4.78, 5) is 30.5. The van der Waals surface area contributed by atoms with Crippen LogP contribution in [0.25, 0.3) is 28.2 Å². The van der Waals surface area contributed by atoms with Gasteiger partial charge in [0.2, 0.25) is 0 Å². The molecule has 0 aliphatic rings. The number of hydrogen-bond donors (Lipinski definition) is 1. The van der Waals surface area contributed by atoms with Gasteiger partial charge in [-0.3, -0.25) is 4.79 Å². The predicted molar refractivity (Wildman–Crippen MR) is 138 cm³/mol. The van der Waals surface area contributed by atoms with Crippen molar-refractivity contribution in [1.82, 2.24) is 24.5 Å². The van der Waals surface area contributed by atoms with Crippen molar-refractivity contribution in [1.29, 1.82) is 0 Å². The average Bonchev–Trinajstić information content (AvgIpc) is 3.63. The highest BCUT2D eigenvalue weighted by atomic mass is 16.5. The van der Waals surface area contributed by atoms with Crippen LogP contribution in [-0.4, -0.2) is 43.0 Å². The Hall–Kier alpha value is -4.73. The van der Waals surface area contributed by atoms with Crippen molar-refractivity contribution in [3.8, 4) is 17.1 Å². The molecule has 0 radical (unpaired) electrons. The maximum atomic E-state index is 13.1. The molecule has 188 valence electrons. The lowest BCUT2D eigenvalue weighted by Crippen LogP contribution is -2.21. The van der Waals surface area contributed by atoms with Crippen molar-refractivity contribution in [3.05, 3.63) is 77.9 Å².